The van der Waals surface area contributed by atoms with Crippen LogP contribution >= 0.6 is 0 Å². The molecule has 0 bridgehead atoms. The number of hydrogen-bond acceptors (Lipinski definition) is 3. The Morgan fingerprint density at radius 1 is 1.30 bits per heavy atom. The minimum atomic E-state index is -2.94. The minimum absolute atomic E-state index is 0.0275. The van der Waals surface area contributed by atoms with Gasteiger partial charge in [-0.05, 0) is 25.5 Å². The quantitative estimate of drug-likeness (QED) is 0.721. The van der Waals surface area contributed by atoms with E-state index in [0.29, 0.717) is 12.1 Å². The Morgan fingerprint density at radius 3 is 2.65 bits per heavy atom. The SMILES string of the molecule is CCCNC(=O)C(C)NC(=O)/C=C/c1ccccc1OC(F)F. The highest BCUT2D eigenvalue weighted by Crippen LogP contribution is 2.21. The molecule has 0 fully saturated rings. The van der Waals surface area contributed by atoms with Crippen molar-refractivity contribution < 1.29 is 23.1 Å². The molecular weight excluding hydrogens is 306 g/mol. The van der Waals surface area contributed by atoms with E-state index in [0.717, 1.165) is 12.5 Å². The lowest BCUT2D eigenvalue weighted by Gasteiger charge is -2.12. The van der Waals surface area contributed by atoms with Gasteiger partial charge in [-0.25, -0.2) is 0 Å². The van der Waals surface area contributed by atoms with E-state index in [-0.39, 0.29) is 11.7 Å². The number of hydrogen-bond donors (Lipinski definition) is 2. The fraction of sp³-hybridized carbons (Fsp3) is 0.375. The van der Waals surface area contributed by atoms with Crippen LogP contribution in [0.2, 0.25) is 0 Å². The van der Waals surface area contributed by atoms with Gasteiger partial charge in [0.1, 0.15) is 11.8 Å². The van der Waals surface area contributed by atoms with E-state index in [1.807, 2.05) is 6.92 Å². The summed E-state index contributed by atoms with van der Waals surface area (Å²) >= 11 is 0. The monoisotopic (exact) mass is 326 g/mol. The van der Waals surface area contributed by atoms with Gasteiger partial charge in [0.25, 0.3) is 0 Å². The summed E-state index contributed by atoms with van der Waals surface area (Å²) in [6, 6.07) is 5.42. The predicted molar refractivity (Wildman–Crippen MR) is 83.0 cm³/mol. The summed E-state index contributed by atoms with van der Waals surface area (Å²) in [5, 5.41) is 5.15. The normalized spacial score (nSPS) is 12.2. The average molecular weight is 326 g/mol. The van der Waals surface area contributed by atoms with Gasteiger partial charge in [-0.1, -0.05) is 25.1 Å². The van der Waals surface area contributed by atoms with E-state index >= 15 is 0 Å². The maximum Gasteiger partial charge on any atom is 0.387 e. The van der Waals surface area contributed by atoms with Crippen LogP contribution in [0.25, 0.3) is 6.08 Å². The van der Waals surface area contributed by atoms with Crippen LogP contribution in [-0.4, -0.2) is 31.0 Å². The number of benzene rings is 1. The lowest BCUT2D eigenvalue weighted by molar-refractivity contribution is -0.126. The fourth-order valence-corrected chi connectivity index (χ4v) is 1.72. The van der Waals surface area contributed by atoms with Gasteiger partial charge in [-0.3, -0.25) is 9.59 Å². The van der Waals surface area contributed by atoms with Crippen molar-refractivity contribution in [2.24, 2.45) is 0 Å². The fourth-order valence-electron chi connectivity index (χ4n) is 1.72. The van der Waals surface area contributed by atoms with Gasteiger partial charge in [0.2, 0.25) is 11.8 Å². The van der Waals surface area contributed by atoms with Crippen LogP contribution < -0.4 is 15.4 Å². The Morgan fingerprint density at radius 2 is 2.00 bits per heavy atom. The maximum atomic E-state index is 12.3. The minimum Gasteiger partial charge on any atom is -0.434 e. The van der Waals surface area contributed by atoms with Crippen molar-refractivity contribution in [1.29, 1.82) is 0 Å². The lowest BCUT2D eigenvalue weighted by atomic mass is 10.2. The first-order valence-corrected chi connectivity index (χ1v) is 7.24. The van der Waals surface area contributed by atoms with Crippen molar-refractivity contribution in [2.75, 3.05) is 6.54 Å². The Kier molecular flexibility index (Phi) is 7.73. The van der Waals surface area contributed by atoms with Crippen molar-refractivity contribution in [1.82, 2.24) is 10.6 Å². The molecule has 0 aliphatic carbocycles. The van der Waals surface area contributed by atoms with E-state index in [4.69, 9.17) is 0 Å². The molecule has 1 unspecified atom stereocenters. The Balaban J connectivity index is 2.63. The molecule has 0 saturated heterocycles. The molecular formula is C16H20F2N2O3. The van der Waals surface area contributed by atoms with Crippen LogP contribution in [0.4, 0.5) is 8.78 Å². The molecule has 0 heterocycles. The molecule has 0 radical (unpaired) electrons. The van der Waals surface area contributed by atoms with Gasteiger partial charge in [0.15, 0.2) is 0 Å². The van der Waals surface area contributed by atoms with Crippen LogP contribution in [0.1, 0.15) is 25.8 Å². The van der Waals surface area contributed by atoms with Crippen molar-refractivity contribution in [3.63, 3.8) is 0 Å². The third kappa shape index (κ3) is 6.90. The number of ether oxygens (including phenoxy) is 1. The maximum absolute atomic E-state index is 12.3. The van der Waals surface area contributed by atoms with E-state index < -0.39 is 18.6 Å². The lowest BCUT2D eigenvalue weighted by Crippen LogP contribution is -2.44. The van der Waals surface area contributed by atoms with Crippen molar-refractivity contribution >= 4 is 17.9 Å². The van der Waals surface area contributed by atoms with E-state index in [9.17, 15) is 18.4 Å². The largest absolute Gasteiger partial charge is 0.434 e. The molecule has 0 saturated carbocycles. The highest BCUT2D eigenvalue weighted by atomic mass is 19.3. The average Bonchev–Trinajstić information content (AvgIpc) is 2.51. The molecule has 1 atom stereocenters. The number of alkyl halides is 2. The third-order valence-corrected chi connectivity index (χ3v) is 2.85. The van der Waals surface area contributed by atoms with Crippen LogP contribution in [0.15, 0.2) is 30.3 Å². The molecule has 0 aromatic heterocycles. The smallest absolute Gasteiger partial charge is 0.387 e. The standard InChI is InChI=1S/C16H20F2N2O3/c1-3-10-19-15(22)11(2)20-14(21)9-8-12-6-4-5-7-13(12)23-16(17)18/h4-9,11,16H,3,10H2,1-2H3,(H,19,22)(H,20,21)/b9-8+. The number of nitrogens with one attached hydrogen (secondary N) is 2. The van der Waals surface area contributed by atoms with Gasteiger partial charge in [-0.15, -0.1) is 0 Å². The van der Waals surface area contributed by atoms with Crippen LogP contribution in [0.5, 0.6) is 5.75 Å². The Labute approximate surface area is 133 Å². The number of halogens is 2. The second-order valence-electron chi connectivity index (χ2n) is 4.77. The number of carbonyl (C=O) groups is 2. The topological polar surface area (TPSA) is 67.4 Å². The molecule has 0 aliphatic rings. The summed E-state index contributed by atoms with van der Waals surface area (Å²) in [4.78, 5) is 23.4. The van der Waals surface area contributed by atoms with Crippen LogP contribution in [0, 0.1) is 0 Å². The van der Waals surface area contributed by atoms with Crippen LogP contribution in [0.3, 0.4) is 0 Å². The highest BCUT2D eigenvalue weighted by Gasteiger charge is 2.13. The van der Waals surface area contributed by atoms with Gasteiger partial charge in [0, 0.05) is 18.2 Å². The zero-order chi connectivity index (χ0) is 17.2. The van der Waals surface area contributed by atoms with Crippen molar-refractivity contribution in [3.8, 4) is 5.75 Å². The van der Waals surface area contributed by atoms with Crippen molar-refractivity contribution in [3.05, 3.63) is 35.9 Å². The second kappa shape index (κ2) is 9.55. The highest BCUT2D eigenvalue weighted by molar-refractivity contribution is 5.95. The van der Waals surface area contributed by atoms with Gasteiger partial charge >= 0.3 is 6.61 Å². The number of para-hydroxylation sites is 1. The first-order valence-electron chi connectivity index (χ1n) is 7.24. The zero-order valence-electron chi connectivity index (χ0n) is 13.0. The second-order valence-corrected chi connectivity index (χ2v) is 4.77. The molecule has 1 rings (SSSR count). The number of amides is 2. The first-order chi connectivity index (χ1) is 10.9. The Bertz CT molecular complexity index is 562. The molecule has 1 aromatic rings. The number of rotatable bonds is 8. The van der Waals surface area contributed by atoms with Gasteiger partial charge < -0.3 is 15.4 Å². The number of carbonyl (C=O) groups excluding carboxylic acids is 2. The summed E-state index contributed by atoms with van der Waals surface area (Å²) in [5.74, 6) is -0.814. The molecule has 2 amide bonds. The van der Waals surface area contributed by atoms with E-state index in [1.165, 1.54) is 12.1 Å². The Hall–Kier alpha value is -2.44. The predicted octanol–water partition coefficient (Wildman–Crippen LogP) is 2.33. The summed E-state index contributed by atoms with van der Waals surface area (Å²) in [7, 11) is 0. The van der Waals surface area contributed by atoms with E-state index in [1.54, 1.807) is 25.1 Å². The molecule has 23 heavy (non-hydrogen) atoms. The molecule has 126 valence electrons. The molecule has 1 aromatic carbocycles. The third-order valence-electron chi connectivity index (χ3n) is 2.85. The van der Waals surface area contributed by atoms with Gasteiger partial charge in [-0.2, -0.15) is 8.78 Å². The first kappa shape index (κ1) is 18.6. The summed E-state index contributed by atoms with van der Waals surface area (Å²) in [5.41, 5.74) is 0.339. The summed E-state index contributed by atoms with van der Waals surface area (Å²) in [6.07, 6.45) is 3.31. The molecule has 0 aliphatic heterocycles. The van der Waals surface area contributed by atoms with E-state index in [2.05, 4.69) is 15.4 Å². The van der Waals surface area contributed by atoms with Gasteiger partial charge in [0.05, 0.1) is 0 Å². The summed E-state index contributed by atoms with van der Waals surface area (Å²) in [6.45, 7) is 1.07. The molecule has 0 spiro atoms. The zero-order valence-corrected chi connectivity index (χ0v) is 13.0. The summed E-state index contributed by atoms with van der Waals surface area (Å²) < 4.78 is 28.9. The molecule has 2 N–H and O–H groups in total. The van der Waals surface area contributed by atoms with Crippen molar-refractivity contribution in [2.45, 2.75) is 32.9 Å². The molecule has 7 heteroatoms. The van der Waals surface area contributed by atoms with Crippen LogP contribution in [-0.2, 0) is 9.59 Å². The molecule has 5 nitrogen and oxygen atoms in total.